The van der Waals surface area contributed by atoms with Gasteiger partial charge in [0, 0.05) is 15.7 Å². The van der Waals surface area contributed by atoms with Crippen LogP contribution in [0.15, 0.2) is 36.4 Å². The van der Waals surface area contributed by atoms with E-state index in [0.717, 1.165) is 5.56 Å². The number of amides is 2. The number of hydrogen-bond donors (Lipinski definition) is 2. The first-order valence-electron chi connectivity index (χ1n) is 8.12. The second kappa shape index (κ2) is 9.88. The molecule has 27 heavy (non-hydrogen) atoms. The van der Waals surface area contributed by atoms with Gasteiger partial charge in [0.15, 0.2) is 0 Å². The third-order valence-corrected chi connectivity index (χ3v) is 5.33. The Balaban J connectivity index is 1.89. The van der Waals surface area contributed by atoms with E-state index in [-0.39, 0.29) is 17.6 Å². The van der Waals surface area contributed by atoms with Crippen LogP contribution >= 0.6 is 35.0 Å². The van der Waals surface area contributed by atoms with Crippen molar-refractivity contribution in [2.24, 2.45) is 0 Å². The fourth-order valence-corrected chi connectivity index (χ4v) is 3.32. The molecule has 144 valence electrons. The molecule has 0 fully saturated rings. The molecule has 2 aromatic rings. The Kier molecular flexibility index (Phi) is 7.83. The normalized spacial score (nSPS) is 11.6. The van der Waals surface area contributed by atoms with Gasteiger partial charge in [-0.15, -0.1) is 11.8 Å². The van der Waals surface area contributed by atoms with Crippen LogP contribution in [0, 0.1) is 6.92 Å². The molecule has 2 amide bonds. The summed E-state index contributed by atoms with van der Waals surface area (Å²) in [6.45, 7) is 3.60. The maximum Gasteiger partial charge on any atom is 0.237 e. The second-order valence-corrected chi connectivity index (χ2v) is 8.00. The lowest BCUT2D eigenvalue weighted by Gasteiger charge is -2.15. The summed E-state index contributed by atoms with van der Waals surface area (Å²) in [5.41, 5.74) is 2.06. The van der Waals surface area contributed by atoms with Crippen LogP contribution in [0.5, 0.6) is 5.75 Å². The lowest BCUT2D eigenvalue weighted by molar-refractivity contribution is -0.115. The fourth-order valence-electron chi connectivity index (χ4n) is 2.24. The third kappa shape index (κ3) is 6.34. The predicted molar refractivity (Wildman–Crippen MR) is 113 cm³/mol. The lowest BCUT2D eigenvalue weighted by atomic mass is 10.2. The summed E-state index contributed by atoms with van der Waals surface area (Å²) in [6.07, 6.45) is 0. The zero-order valence-corrected chi connectivity index (χ0v) is 17.5. The van der Waals surface area contributed by atoms with Gasteiger partial charge in [-0.3, -0.25) is 9.59 Å². The molecule has 2 aromatic carbocycles. The largest absolute Gasteiger partial charge is 0.495 e. The Labute approximate surface area is 172 Å². The molecule has 1 unspecified atom stereocenters. The van der Waals surface area contributed by atoms with Crippen molar-refractivity contribution in [2.75, 3.05) is 23.5 Å². The van der Waals surface area contributed by atoms with Crippen molar-refractivity contribution in [3.05, 3.63) is 52.0 Å². The van der Waals surface area contributed by atoms with E-state index >= 15 is 0 Å². The summed E-state index contributed by atoms with van der Waals surface area (Å²) >= 11 is 13.1. The highest BCUT2D eigenvalue weighted by Gasteiger charge is 2.17. The topological polar surface area (TPSA) is 67.4 Å². The minimum absolute atomic E-state index is 0.142. The maximum atomic E-state index is 12.4. The molecule has 1 atom stereocenters. The van der Waals surface area contributed by atoms with E-state index < -0.39 is 5.25 Å². The molecule has 0 spiro atoms. The molecule has 8 heteroatoms. The molecule has 0 bridgehead atoms. The Hall–Kier alpha value is -1.89. The zero-order valence-electron chi connectivity index (χ0n) is 15.1. The number of aryl methyl sites for hydroxylation is 1. The molecule has 0 saturated carbocycles. The summed E-state index contributed by atoms with van der Waals surface area (Å²) in [5, 5.41) is 6.26. The van der Waals surface area contributed by atoms with Crippen molar-refractivity contribution in [2.45, 2.75) is 19.1 Å². The van der Waals surface area contributed by atoms with Gasteiger partial charge in [0.2, 0.25) is 11.8 Å². The van der Waals surface area contributed by atoms with Crippen LogP contribution in [0.1, 0.15) is 12.5 Å². The van der Waals surface area contributed by atoms with Gasteiger partial charge in [0.1, 0.15) is 5.75 Å². The number of halogens is 2. The van der Waals surface area contributed by atoms with E-state index in [0.29, 0.717) is 27.2 Å². The summed E-state index contributed by atoms with van der Waals surface area (Å²) in [6, 6.07) is 10.2. The van der Waals surface area contributed by atoms with Crippen molar-refractivity contribution in [1.82, 2.24) is 0 Å². The number of nitrogens with one attached hydrogen (secondary N) is 2. The van der Waals surface area contributed by atoms with Crippen LogP contribution in [-0.4, -0.2) is 29.9 Å². The Bertz CT molecular complexity index is 846. The highest BCUT2D eigenvalue weighted by atomic mass is 35.5. The van der Waals surface area contributed by atoms with Gasteiger partial charge >= 0.3 is 0 Å². The molecule has 2 rings (SSSR count). The fraction of sp³-hybridized carbons (Fsp3) is 0.263. The first kappa shape index (κ1) is 21.4. The standard InChI is InChI=1S/C19H20Cl2N2O3S/c1-11-8-13(20)4-6-15(11)22-18(24)10-27-12(2)19(25)23-16-9-14(21)5-7-17(16)26-3/h4-9,12H,10H2,1-3H3,(H,22,24)(H,23,25). The van der Waals surface area contributed by atoms with Crippen LogP contribution in [0.2, 0.25) is 10.0 Å². The van der Waals surface area contributed by atoms with Gasteiger partial charge in [0.05, 0.1) is 23.8 Å². The van der Waals surface area contributed by atoms with Crippen molar-refractivity contribution in [3.63, 3.8) is 0 Å². The van der Waals surface area contributed by atoms with E-state index in [1.807, 2.05) is 6.92 Å². The van der Waals surface area contributed by atoms with Crippen LogP contribution in [0.4, 0.5) is 11.4 Å². The van der Waals surface area contributed by atoms with Crippen LogP contribution in [-0.2, 0) is 9.59 Å². The third-order valence-electron chi connectivity index (χ3n) is 3.72. The van der Waals surface area contributed by atoms with Gasteiger partial charge in [0.25, 0.3) is 0 Å². The van der Waals surface area contributed by atoms with E-state index in [2.05, 4.69) is 10.6 Å². The summed E-state index contributed by atoms with van der Waals surface area (Å²) in [4.78, 5) is 24.5. The van der Waals surface area contributed by atoms with Crippen LogP contribution < -0.4 is 15.4 Å². The van der Waals surface area contributed by atoms with Crippen molar-refractivity contribution in [3.8, 4) is 5.75 Å². The Morgan fingerprint density at radius 3 is 2.41 bits per heavy atom. The van der Waals surface area contributed by atoms with Gasteiger partial charge in [-0.2, -0.15) is 0 Å². The highest BCUT2D eigenvalue weighted by molar-refractivity contribution is 8.01. The van der Waals surface area contributed by atoms with Gasteiger partial charge < -0.3 is 15.4 Å². The van der Waals surface area contributed by atoms with Crippen LogP contribution in [0.25, 0.3) is 0 Å². The van der Waals surface area contributed by atoms with Crippen molar-refractivity contribution in [1.29, 1.82) is 0 Å². The Morgan fingerprint density at radius 2 is 1.74 bits per heavy atom. The summed E-state index contributed by atoms with van der Waals surface area (Å²) in [7, 11) is 1.51. The molecule has 0 aromatic heterocycles. The van der Waals surface area contributed by atoms with E-state index in [9.17, 15) is 9.59 Å². The highest BCUT2D eigenvalue weighted by Crippen LogP contribution is 2.28. The number of rotatable bonds is 7. The van der Waals surface area contributed by atoms with Gasteiger partial charge in [-0.25, -0.2) is 0 Å². The predicted octanol–water partition coefficient (Wildman–Crippen LogP) is 5.01. The number of benzene rings is 2. The minimum Gasteiger partial charge on any atom is -0.495 e. The quantitative estimate of drug-likeness (QED) is 0.652. The Morgan fingerprint density at radius 1 is 1.07 bits per heavy atom. The number of ether oxygens (including phenoxy) is 1. The number of thioether (sulfide) groups is 1. The molecular weight excluding hydrogens is 407 g/mol. The first-order valence-corrected chi connectivity index (χ1v) is 9.92. The first-order chi connectivity index (χ1) is 12.8. The molecule has 0 heterocycles. The minimum atomic E-state index is -0.439. The molecule has 0 aliphatic carbocycles. The van der Waals surface area contributed by atoms with Crippen molar-refractivity contribution >= 4 is 58.2 Å². The van der Waals surface area contributed by atoms with Gasteiger partial charge in [-0.1, -0.05) is 23.2 Å². The van der Waals surface area contributed by atoms with Gasteiger partial charge in [-0.05, 0) is 55.8 Å². The van der Waals surface area contributed by atoms with E-state index in [1.54, 1.807) is 43.3 Å². The SMILES string of the molecule is COc1ccc(Cl)cc1NC(=O)C(C)SCC(=O)Nc1ccc(Cl)cc1C. The van der Waals surface area contributed by atoms with Crippen molar-refractivity contribution < 1.29 is 14.3 Å². The smallest absolute Gasteiger partial charge is 0.237 e. The number of hydrogen-bond acceptors (Lipinski definition) is 4. The maximum absolute atomic E-state index is 12.4. The molecule has 0 aliphatic rings. The number of carbonyl (C=O) groups excluding carboxylic acids is 2. The van der Waals surface area contributed by atoms with E-state index in [1.165, 1.54) is 18.9 Å². The molecule has 0 saturated heterocycles. The average molecular weight is 427 g/mol. The molecule has 0 aliphatic heterocycles. The number of carbonyl (C=O) groups is 2. The molecule has 2 N–H and O–H groups in total. The monoisotopic (exact) mass is 426 g/mol. The van der Waals surface area contributed by atoms with Crippen LogP contribution in [0.3, 0.4) is 0 Å². The number of methoxy groups -OCH3 is 1. The summed E-state index contributed by atoms with van der Waals surface area (Å²) in [5.74, 6) is 0.228. The lowest BCUT2D eigenvalue weighted by Crippen LogP contribution is -2.25. The van der Waals surface area contributed by atoms with E-state index in [4.69, 9.17) is 27.9 Å². The molecule has 5 nitrogen and oxygen atoms in total. The summed E-state index contributed by atoms with van der Waals surface area (Å²) < 4.78 is 5.21. The molecule has 0 radical (unpaired) electrons. The number of anilines is 2. The second-order valence-electron chi connectivity index (χ2n) is 5.79. The zero-order chi connectivity index (χ0) is 20.0. The average Bonchev–Trinajstić information content (AvgIpc) is 2.62. The molecular formula is C19H20Cl2N2O3S.